The van der Waals surface area contributed by atoms with Gasteiger partial charge in [-0.3, -0.25) is 0 Å². The summed E-state index contributed by atoms with van der Waals surface area (Å²) >= 11 is 0. The number of nitrogens with zero attached hydrogens (tertiary/aromatic N) is 1. The Labute approximate surface area is 176 Å². The van der Waals surface area contributed by atoms with E-state index in [4.69, 9.17) is 0 Å². The van der Waals surface area contributed by atoms with Crippen LogP contribution in [0.4, 0.5) is 0 Å². The first-order valence-electron chi connectivity index (χ1n) is 11.6. The van der Waals surface area contributed by atoms with Crippen molar-refractivity contribution in [3.63, 3.8) is 0 Å². The second-order valence-electron chi connectivity index (χ2n) is 9.04. The van der Waals surface area contributed by atoms with Gasteiger partial charge in [-0.2, -0.15) is 4.57 Å². The third-order valence-corrected chi connectivity index (χ3v) is 7.54. The van der Waals surface area contributed by atoms with Gasteiger partial charge in [-0.1, -0.05) is 57.5 Å². The van der Waals surface area contributed by atoms with Crippen LogP contribution < -0.4 is 4.57 Å². The fourth-order valence-electron chi connectivity index (χ4n) is 5.33. The maximum absolute atomic E-state index is 2.65. The van der Waals surface area contributed by atoms with Gasteiger partial charge in [0, 0.05) is 30.9 Å². The normalized spacial score (nSPS) is 15.1. The highest BCUT2D eigenvalue weighted by Crippen LogP contribution is 2.40. The number of benzene rings is 2. The van der Waals surface area contributed by atoms with Crippen LogP contribution in [0, 0.1) is 13.8 Å². The number of hydrogen-bond donors (Lipinski definition) is 0. The Morgan fingerprint density at radius 1 is 0.931 bits per heavy atom. The minimum absolute atomic E-state index is 0.207. The van der Waals surface area contributed by atoms with E-state index in [-0.39, 0.29) is 5.54 Å². The summed E-state index contributed by atoms with van der Waals surface area (Å²) in [6.45, 7) is 11.5. The third kappa shape index (κ3) is 3.29. The summed E-state index contributed by atoms with van der Waals surface area (Å²) in [5.41, 5.74) is 8.92. The Bertz CT molecular complexity index is 1040. The first-order valence-corrected chi connectivity index (χ1v) is 11.6. The molecule has 1 aliphatic rings. The smallest absolute Gasteiger partial charge is 0.193 e. The third-order valence-electron chi connectivity index (χ3n) is 7.54. The van der Waals surface area contributed by atoms with E-state index in [2.05, 4.69) is 81.8 Å². The van der Waals surface area contributed by atoms with Crippen LogP contribution in [0.3, 0.4) is 0 Å². The van der Waals surface area contributed by atoms with Crippen LogP contribution in [-0.4, -0.2) is 0 Å². The van der Waals surface area contributed by atoms with Crippen molar-refractivity contribution in [1.82, 2.24) is 0 Å². The molecule has 0 aliphatic carbocycles. The van der Waals surface area contributed by atoms with Gasteiger partial charge in [-0.25, -0.2) is 0 Å². The van der Waals surface area contributed by atoms with Gasteiger partial charge >= 0.3 is 0 Å². The Hall–Kier alpha value is -2.15. The van der Waals surface area contributed by atoms with E-state index >= 15 is 0 Å². The molecule has 0 N–H and O–H groups in total. The number of pyridine rings is 1. The average molecular weight is 387 g/mol. The lowest BCUT2D eigenvalue weighted by Gasteiger charge is -2.26. The molecule has 0 bridgehead atoms. The van der Waals surface area contributed by atoms with Gasteiger partial charge in [0.25, 0.3) is 0 Å². The molecule has 3 aromatic rings. The van der Waals surface area contributed by atoms with Crippen molar-refractivity contribution in [2.45, 2.75) is 85.1 Å². The van der Waals surface area contributed by atoms with E-state index in [0.29, 0.717) is 0 Å². The van der Waals surface area contributed by atoms with Crippen LogP contribution in [0.1, 0.15) is 75.1 Å². The average Bonchev–Trinajstić information content (AvgIpc) is 2.87. The summed E-state index contributed by atoms with van der Waals surface area (Å²) in [4.78, 5) is 0. The largest absolute Gasteiger partial charge is 0.214 e. The van der Waals surface area contributed by atoms with Gasteiger partial charge in [0.2, 0.25) is 5.69 Å². The molecule has 29 heavy (non-hydrogen) atoms. The van der Waals surface area contributed by atoms with E-state index < -0.39 is 0 Å². The fraction of sp³-hybridized carbons (Fsp3) is 0.464. The maximum Gasteiger partial charge on any atom is 0.214 e. The van der Waals surface area contributed by atoms with E-state index in [1.165, 1.54) is 82.8 Å². The molecule has 0 unspecified atom stereocenters. The molecule has 0 spiro atoms. The fourth-order valence-corrected chi connectivity index (χ4v) is 5.33. The zero-order chi connectivity index (χ0) is 20.6. The summed E-state index contributed by atoms with van der Waals surface area (Å²) in [6, 6.07) is 14.2. The molecule has 0 saturated heterocycles. The van der Waals surface area contributed by atoms with Crippen LogP contribution in [-0.2, 0) is 18.4 Å². The van der Waals surface area contributed by atoms with Crippen LogP contribution in [0.2, 0.25) is 0 Å². The lowest BCUT2D eigenvalue weighted by atomic mass is 9.86. The Morgan fingerprint density at radius 2 is 1.72 bits per heavy atom. The summed E-state index contributed by atoms with van der Waals surface area (Å²) in [5.74, 6) is 0. The van der Waals surface area contributed by atoms with Gasteiger partial charge in [0.05, 0.1) is 5.56 Å². The van der Waals surface area contributed by atoms with E-state index in [1.807, 2.05) is 0 Å². The number of aromatic nitrogens is 1. The SMILES string of the molecule is CCCCc1cccc2c3c(ccc12)CCC(CC)(CC)[n+]1cc(C)c(C)cc1-3. The number of unbranched alkanes of at least 4 members (excludes halogenated alkanes) is 1. The van der Waals surface area contributed by atoms with Crippen molar-refractivity contribution in [3.8, 4) is 11.3 Å². The van der Waals surface area contributed by atoms with Crippen LogP contribution >= 0.6 is 0 Å². The molecule has 2 heterocycles. The number of rotatable bonds is 5. The number of aryl methyl sites for hydroxylation is 4. The van der Waals surface area contributed by atoms with E-state index in [9.17, 15) is 0 Å². The molecule has 0 fully saturated rings. The zero-order valence-corrected chi connectivity index (χ0v) is 18.9. The number of fused-ring (bicyclic) bond motifs is 5. The van der Waals surface area contributed by atoms with Crippen molar-refractivity contribution in [2.24, 2.45) is 0 Å². The van der Waals surface area contributed by atoms with Gasteiger partial charge in [0.15, 0.2) is 11.7 Å². The molecule has 1 aliphatic heterocycles. The lowest BCUT2D eigenvalue weighted by Crippen LogP contribution is -2.56. The molecule has 152 valence electrons. The van der Waals surface area contributed by atoms with Gasteiger partial charge in [-0.05, 0) is 60.6 Å². The standard InChI is InChI=1S/C28H36N/c1-6-9-11-22-12-10-13-25-24(22)15-14-23-16-17-28(7-2,8-3)29-19-21(5)20(4)18-26(29)27(23)25/h10,12-15,18-19H,6-9,11,16-17H2,1-5H3/q+1. The molecule has 0 radical (unpaired) electrons. The second-order valence-corrected chi connectivity index (χ2v) is 9.04. The van der Waals surface area contributed by atoms with Crippen molar-refractivity contribution < 1.29 is 4.57 Å². The molecule has 1 nitrogen and oxygen atoms in total. The highest BCUT2D eigenvalue weighted by atomic mass is 15.1. The summed E-state index contributed by atoms with van der Waals surface area (Å²) in [7, 11) is 0. The van der Waals surface area contributed by atoms with Crippen LogP contribution in [0.5, 0.6) is 0 Å². The number of hydrogen-bond acceptors (Lipinski definition) is 0. The molecule has 0 atom stereocenters. The minimum Gasteiger partial charge on any atom is -0.193 e. The van der Waals surface area contributed by atoms with Crippen molar-refractivity contribution in [2.75, 3.05) is 0 Å². The summed E-state index contributed by atoms with van der Waals surface area (Å²) in [5, 5.41) is 2.89. The van der Waals surface area contributed by atoms with E-state index in [1.54, 1.807) is 0 Å². The molecule has 4 rings (SSSR count). The molecule has 1 heteroatoms. The first-order chi connectivity index (χ1) is 14.0. The van der Waals surface area contributed by atoms with E-state index in [0.717, 1.165) is 6.42 Å². The summed E-state index contributed by atoms with van der Waals surface area (Å²) < 4.78 is 2.65. The van der Waals surface area contributed by atoms with Crippen molar-refractivity contribution >= 4 is 10.8 Å². The monoisotopic (exact) mass is 386 g/mol. The van der Waals surface area contributed by atoms with Crippen molar-refractivity contribution in [3.05, 3.63) is 64.8 Å². The predicted molar refractivity (Wildman–Crippen MR) is 125 cm³/mol. The van der Waals surface area contributed by atoms with Gasteiger partial charge < -0.3 is 0 Å². The quantitative estimate of drug-likeness (QED) is 0.408. The van der Waals surface area contributed by atoms with Gasteiger partial charge in [0.1, 0.15) is 0 Å². The highest BCUT2D eigenvalue weighted by molar-refractivity contribution is 5.99. The zero-order valence-electron chi connectivity index (χ0n) is 18.9. The molecule has 0 saturated carbocycles. The molecule has 0 amide bonds. The second kappa shape index (κ2) is 7.94. The Balaban J connectivity index is 2.05. The minimum atomic E-state index is 0.207. The lowest BCUT2D eigenvalue weighted by molar-refractivity contribution is -0.757. The topological polar surface area (TPSA) is 3.88 Å². The predicted octanol–water partition coefficient (Wildman–Crippen LogP) is 7.22. The van der Waals surface area contributed by atoms with Crippen LogP contribution in [0.15, 0.2) is 42.6 Å². The molecular formula is C28H36N+. The molecular weight excluding hydrogens is 350 g/mol. The molecule has 2 aromatic carbocycles. The summed E-state index contributed by atoms with van der Waals surface area (Å²) in [6.07, 6.45) is 10.8. The first kappa shape index (κ1) is 20.1. The van der Waals surface area contributed by atoms with Gasteiger partial charge in [-0.15, -0.1) is 0 Å². The maximum atomic E-state index is 2.65. The highest BCUT2D eigenvalue weighted by Gasteiger charge is 2.41. The van der Waals surface area contributed by atoms with Crippen LogP contribution in [0.25, 0.3) is 22.0 Å². The Kier molecular flexibility index (Phi) is 5.51. The molecule has 1 aromatic heterocycles. The Morgan fingerprint density at radius 3 is 2.45 bits per heavy atom. The van der Waals surface area contributed by atoms with Crippen molar-refractivity contribution in [1.29, 1.82) is 0 Å².